The molecule has 0 unspecified atom stereocenters. The molecule has 3 nitrogen and oxygen atoms in total. The highest BCUT2D eigenvalue weighted by Gasteiger charge is 2.14. The molecule has 0 aliphatic carbocycles. The van der Waals surface area contributed by atoms with Crippen molar-refractivity contribution in [2.75, 3.05) is 39.5 Å². The van der Waals surface area contributed by atoms with Gasteiger partial charge in [0, 0.05) is 31.2 Å². The Kier molecular flexibility index (Phi) is 8.06. The molecule has 0 N–H and O–H groups in total. The summed E-state index contributed by atoms with van der Waals surface area (Å²) in [6.07, 6.45) is 4.75. The van der Waals surface area contributed by atoms with Crippen molar-refractivity contribution in [3.63, 3.8) is 0 Å². The van der Waals surface area contributed by atoms with E-state index in [0.29, 0.717) is 6.61 Å². The molecular formula is C18H28ClNO2. The molecule has 2 rings (SSSR count). The lowest BCUT2D eigenvalue weighted by atomic mass is 9.99. The molecule has 1 heterocycles. The van der Waals surface area contributed by atoms with Crippen molar-refractivity contribution < 1.29 is 9.47 Å². The van der Waals surface area contributed by atoms with Gasteiger partial charge in [-0.25, -0.2) is 0 Å². The Morgan fingerprint density at radius 2 is 1.73 bits per heavy atom. The fourth-order valence-electron chi connectivity index (χ4n) is 2.66. The van der Waals surface area contributed by atoms with Gasteiger partial charge in [0.25, 0.3) is 0 Å². The third-order valence-electron chi connectivity index (χ3n) is 4.15. The smallest absolute Gasteiger partial charge is 0.119 e. The number of nitrogens with zero attached hydrogens (tertiary/aromatic N) is 1. The number of likely N-dealkylation sites (tertiary alicyclic amines) is 1. The van der Waals surface area contributed by atoms with Crippen LogP contribution in [0.4, 0.5) is 0 Å². The molecule has 22 heavy (non-hydrogen) atoms. The molecule has 1 fully saturated rings. The van der Waals surface area contributed by atoms with Crippen molar-refractivity contribution in [2.24, 2.45) is 5.92 Å². The van der Waals surface area contributed by atoms with E-state index in [1.54, 1.807) is 0 Å². The summed E-state index contributed by atoms with van der Waals surface area (Å²) in [5.74, 6) is 1.77. The molecule has 4 heteroatoms. The molecule has 0 aromatic heterocycles. The highest BCUT2D eigenvalue weighted by atomic mass is 35.5. The fourth-order valence-corrected chi connectivity index (χ4v) is 2.79. The van der Waals surface area contributed by atoms with Gasteiger partial charge < -0.3 is 14.4 Å². The first kappa shape index (κ1) is 17.6. The lowest BCUT2D eigenvalue weighted by Gasteiger charge is -2.30. The van der Waals surface area contributed by atoms with Gasteiger partial charge in [0.05, 0.1) is 6.61 Å². The normalized spacial score (nSPS) is 16.8. The second kappa shape index (κ2) is 10.1. The fraction of sp³-hybridized carbons (Fsp3) is 0.667. The van der Waals surface area contributed by atoms with Crippen LogP contribution in [-0.4, -0.2) is 44.4 Å². The van der Waals surface area contributed by atoms with Crippen LogP contribution in [0.3, 0.4) is 0 Å². The van der Waals surface area contributed by atoms with Crippen LogP contribution in [-0.2, 0) is 4.74 Å². The largest absolute Gasteiger partial charge is 0.494 e. The van der Waals surface area contributed by atoms with Gasteiger partial charge in [-0.2, -0.15) is 0 Å². The van der Waals surface area contributed by atoms with Crippen LogP contribution in [0.5, 0.6) is 5.75 Å². The first-order valence-corrected chi connectivity index (χ1v) is 8.80. The summed E-state index contributed by atoms with van der Waals surface area (Å²) in [5, 5.41) is 0.735. The number of benzene rings is 1. The van der Waals surface area contributed by atoms with Crippen molar-refractivity contribution in [2.45, 2.75) is 32.6 Å². The average molecular weight is 326 g/mol. The molecule has 0 spiro atoms. The zero-order chi connectivity index (χ0) is 15.6. The summed E-state index contributed by atoms with van der Waals surface area (Å²) >= 11 is 5.83. The molecule has 0 radical (unpaired) electrons. The van der Waals surface area contributed by atoms with Crippen LogP contribution in [0.1, 0.15) is 32.6 Å². The Morgan fingerprint density at radius 1 is 1.05 bits per heavy atom. The Labute approximate surface area is 139 Å². The Hall–Kier alpha value is -0.770. The Bertz CT molecular complexity index is 402. The molecule has 0 bridgehead atoms. The van der Waals surface area contributed by atoms with E-state index >= 15 is 0 Å². The molecular weight excluding hydrogens is 298 g/mol. The van der Waals surface area contributed by atoms with Gasteiger partial charge >= 0.3 is 0 Å². The SMILES string of the molecule is CC1CCN(CCCOCCCOc2ccc(Cl)cc2)CC1. The quantitative estimate of drug-likeness (QED) is 0.634. The maximum absolute atomic E-state index is 5.83. The van der Waals surface area contributed by atoms with E-state index in [2.05, 4.69) is 11.8 Å². The minimum absolute atomic E-state index is 0.686. The van der Waals surface area contributed by atoms with Gasteiger partial charge in [-0.1, -0.05) is 18.5 Å². The van der Waals surface area contributed by atoms with E-state index < -0.39 is 0 Å². The third-order valence-corrected chi connectivity index (χ3v) is 4.41. The predicted octanol–water partition coefficient (Wildman–Crippen LogP) is 4.25. The van der Waals surface area contributed by atoms with Crippen LogP contribution in [0, 0.1) is 5.92 Å². The monoisotopic (exact) mass is 325 g/mol. The summed E-state index contributed by atoms with van der Waals surface area (Å²) in [6.45, 7) is 8.36. The first-order chi connectivity index (χ1) is 10.7. The number of hydrogen-bond acceptors (Lipinski definition) is 3. The highest BCUT2D eigenvalue weighted by molar-refractivity contribution is 6.30. The number of ether oxygens (including phenoxy) is 2. The number of hydrogen-bond donors (Lipinski definition) is 0. The molecule has 1 aliphatic rings. The topological polar surface area (TPSA) is 21.7 Å². The minimum atomic E-state index is 0.686. The maximum atomic E-state index is 5.83. The molecule has 0 saturated carbocycles. The van der Waals surface area contributed by atoms with E-state index in [4.69, 9.17) is 21.1 Å². The van der Waals surface area contributed by atoms with Crippen molar-refractivity contribution in [1.29, 1.82) is 0 Å². The van der Waals surface area contributed by atoms with Gasteiger partial charge in [-0.15, -0.1) is 0 Å². The third kappa shape index (κ3) is 6.99. The van der Waals surface area contributed by atoms with Crippen LogP contribution in [0.2, 0.25) is 5.02 Å². The highest BCUT2D eigenvalue weighted by Crippen LogP contribution is 2.16. The second-order valence-corrected chi connectivity index (χ2v) is 6.58. The standard InChI is InChI=1S/C18H28ClNO2/c1-16-8-11-20(12-9-16)10-2-13-21-14-3-15-22-18-6-4-17(19)5-7-18/h4-7,16H,2-3,8-15H2,1H3. The minimum Gasteiger partial charge on any atom is -0.494 e. The maximum Gasteiger partial charge on any atom is 0.119 e. The average Bonchev–Trinajstić information content (AvgIpc) is 2.53. The summed E-state index contributed by atoms with van der Waals surface area (Å²) in [5.41, 5.74) is 0. The van der Waals surface area contributed by atoms with E-state index in [1.807, 2.05) is 24.3 Å². The summed E-state index contributed by atoms with van der Waals surface area (Å²) < 4.78 is 11.3. The van der Waals surface area contributed by atoms with Gasteiger partial charge in [-0.05, 0) is 62.5 Å². The molecule has 1 aromatic carbocycles. The Balaban J connectivity index is 1.40. The van der Waals surface area contributed by atoms with Gasteiger partial charge in [0.1, 0.15) is 5.75 Å². The van der Waals surface area contributed by atoms with Gasteiger partial charge in [-0.3, -0.25) is 0 Å². The zero-order valence-corrected chi connectivity index (χ0v) is 14.4. The van der Waals surface area contributed by atoms with Crippen molar-refractivity contribution in [3.05, 3.63) is 29.3 Å². The molecule has 1 aliphatic heterocycles. The van der Waals surface area contributed by atoms with E-state index in [1.165, 1.54) is 32.5 Å². The first-order valence-electron chi connectivity index (χ1n) is 8.42. The van der Waals surface area contributed by atoms with E-state index in [0.717, 1.165) is 42.7 Å². The van der Waals surface area contributed by atoms with E-state index in [9.17, 15) is 0 Å². The van der Waals surface area contributed by atoms with Crippen molar-refractivity contribution >= 4 is 11.6 Å². The van der Waals surface area contributed by atoms with Crippen LogP contribution >= 0.6 is 11.6 Å². The predicted molar refractivity (Wildman–Crippen MR) is 91.8 cm³/mol. The Morgan fingerprint density at radius 3 is 2.45 bits per heavy atom. The number of halogens is 1. The van der Waals surface area contributed by atoms with Crippen LogP contribution in [0.15, 0.2) is 24.3 Å². The van der Waals surface area contributed by atoms with Crippen LogP contribution < -0.4 is 4.74 Å². The van der Waals surface area contributed by atoms with Crippen molar-refractivity contribution in [1.82, 2.24) is 4.90 Å². The summed E-state index contributed by atoms with van der Waals surface area (Å²) in [4.78, 5) is 2.56. The molecule has 0 amide bonds. The molecule has 1 aromatic rings. The molecule has 0 atom stereocenters. The van der Waals surface area contributed by atoms with Gasteiger partial charge in [0.2, 0.25) is 0 Å². The number of piperidine rings is 1. The summed E-state index contributed by atoms with van der Waals surface area (Å²) in [7, 11) is 0. The second-order valence-electron chi connectivity index (χ2n) is 6.15. The summed E-state index contributed by atoms with van der Waals surface area (Å²) in [6, 6.07) is 7.47. The van der Waals surface area contributed by atoms with E-state index in [-0.39, 0.29) is 0 Å². The lowest BCUT2D eigenvalue weighted by molar-refractivity contribution is 0.103. The lowest BCUT2D eigenvalue weighted by Crippen LogP contribution is -2.34. The van der Waals surface area contributed by atoms with Crippen molar-refractivity contribution in [3.8, 4) is 5.75 Å². The number of rotatable bonds is 9. The molecule has 1 saturated heterocycles. The van der Waals surface area contributed by atoms with Gasteiger partial charge in [0.15, 0.2) is 0 Å². The zero-order valence-electron chi connectivity index (χ0n) is 13.6. The molecule has 124 valence electrons. The van der Waals surface area contributed by atoms with Crippen LogP contribution in [0.25, 0.3) is 0 Å².